The molecule has 0 N–H and O–H groups in total. The van der Waals surface area contributed by atoms with Crippen LogP contribution >= 0.6 is 39.1 Å². The minimum atomic E-state index is -3.58. The lowest BCUT2D eigenvalue weighted by Crippen LogP contribution is -2.43. The quantitative estimate of drug-likeness (QED) is 0.725. The van der Waals surface area contributed by atoms with Crippen LogP contribution in [0, 0.1) is 5.92 Å². The average Bonchev–Trinajstić information content (AvgIpc) is 2.35. The largest absolute Gasteiger partial charge is 0.244 e. The minimum absolute atomic E-state index is 0.0851. The van der Waals surface area contributed by atoms with Gasteiger partial charge in [-0.1, -0.05) is 46.1 Å². The van der Waals surface area contributed by atoms with Crippen molar-refractivity contribution in [3.63, 3.8) is 0 Å². The third kappa shape index (κ3) is 3.27. The maximum absolute atomic E-state index is 12.6. The number of rotatable bonds is 2. The van der Waals surface area contributed by atoms with E-state index < -0.39 is 10.0 Å². The van der Waals surface area contributed by atoms with Crippen molar-refractivity contribution in [2.45, 2.75) is 23.1 Å². The fraction of sp³-hybridized carbons (Fsp3) is 0.500. The van der Waals surface area contributed by atoms with Crippen LogP contribution in [0.25, 0.3) is 0 Å². The molecule has 0 saturated carbocycles. The number of piperidine rings is 1. The maximum Gasteiger partial charge on any atom is 0.244 e. The smallest absolute Gasteiger partial charge is 0.207 e. The van der Waals surface area contributed by atoms with Gasteiger partial charge in [0.2, 0.25) is 10.0 Å². The van der Waals surface area contributed by atoms with Gasteiger partial charge in [0.15, 0.2) is 0 Å². The molecule has 0 aliphatic carbocycles. The summed E-state index contributed by atoms with van der Waals surface area (Å²) in [6.45, 7) is 3.01. The first kappa shape index (κ1) is 15.6. The summed E-state index contributed by atoms with van der Waals surface area (Å²) in [5.41, 5.74) is 0. The third-order valence-electron chi connectivity index (χ3n) is 3.27. The zero-order valence-corrected chi connectivity index (χ0v) is 14.2. The van der Waals surface area contributed by atoms with E-state index in [2.05, 4.69) is 15.9 Å². The van der Waals surface area contributed by atoms with Crippen LogP contribution in [-0.4, -0.2) is 30.6 Å². The highest BCUT2D eigenvalue weighted by Gasteiger charge is 2.33. The van der Waals surface area contributed by atoms with Crippen LogP contribution in [-0.2, 0) is 10.0 Å². The average molecular weight is 387 g/mol. The van der Waals surface area contributed by atoms with Crippen molar-refractivity contribution in [3.05, 3.63) is 28.2 Å². The Morgan fingerprint density at radius 2 is 2.05 bits per heavy atom. The van der Waals surface area contributed by atoms with Crippen molar-refractivity contribution in [1.29, 1.82) is 0 Å². The summed E-state index contributed by atoms with van der Waals surface area (Å²) in [7, 11) is -3.58. The summed E-state index contributed by atoms with van der Waals surface area (Å²) in [4.78, 5) is 0.440. The van der Waals surface area contributed by atoms with Crippen LogP contribution in [0.2, 0.25) is 10.0 Å². The van der Waals surface area contributed by atoms with Crippen molar-refractivity contribution in [2.75, 3.05) is 13.1 Å². The molecule has 1 aromatic rings. The number of alkyl halides is 1. The van der Waals surface area contributed by atoms with Crippen molar-refractivity contribution >= 4 is 49.2 Å². The zero-order valence-electron chi connectivity index (χ0n) is 10.3. The molecule has 0 bridgehead atoms. The van der Waals surface area contributed by atoms with Gasteiger partial charge in [-0.2, -0.15) is 4.31 Å². The van der Waals surface area contributed by atoms with Crippen LogP contribution in [0.5, 0.6) is 0 Å². The first-order chi connectivity index (χ1) is 8.82. The highest BCUT2D eigenvalue weighted by molar-refractivity contribution is 9.09. The zero-order chi connectivity index (χ0) is 14.2. The van der Waals surface area contributed by atoms with Crippen molar-refractivity contribution < 1.29 is 8.42 Å². The Balaban J connectivity index is 2.35. The normalized spacial score (nSPS) is 25.5. The number of hydrogen-bond donors (Lipinski definition) is 0. The topological polar surface area (TPSA) is 37.4 Å². The third-order valence-corrected chi connectivity index (χ3v) is 7.22. The highest BCUT2D eigenvalue weighted by Crippen LogP contribution is 2.31. The van der Waals surface area contributed by atoms with E-state index in [-0.39, 0.29) is 15.8 Å². The molecular weight excluding hydrogens is 373 g/mol. The molecule has 0 radical (unpaired) electrons. The summed E-state index contributed by atoms with van der Waals surface area (Å²) >= 11 is 15.4. The standard InChI is InChI=1S/C12H14BrCl2NO2S/c1-8-7-16(5-4-10(8)13)19(17,18)12-6-9(14)2-3-11(12)15/h2-3,6,8,10H,4-5,7H2,1H3. The molecule has 3 nitrogen and oxygen atoms in total. The van der Waals surface area contributed by atoms with Gasteiger partial charge in [0.05, 0.1) is 5.02 Å². The van der Waals surface area contributed by atoms with Crippen LogP contribution in [0.3, 0.4) is 0 Å². The number of nitrogens with zero attached hydrogens (tertiary/aromatic N) is 1. The van der Waals surface area contributed by atoms with E-state index in [1.165, 1.54) is 16.4 Å². The molecule has 1 aliphatic heterocycles. The van der Waals surface area contributed by atoms with Gasteiger partial charge in [-0.05, 0) is 30.5 Å². The van der Waals surface area contributed by atoms with Gasteiger partial charge in [-0.3, -0.25) is 0 Å². The fourth-order valence-corrected chi connectivity index (χ4v) is 4.78. The Morgan fingerprint density at radius 3 is 2.68 bits per heavy atom. The van der Waals surface area contributed by atoms with E-state index in [9.17, 15) is 8.42 Å². The molecule has 1 fully saturated rings. The maximum atomic E-state index is 12.6. The molecule has 7 heteroatoms. The summed E-state index contributed by atoms with van der Waals surface area (Å²) < 4.78 is 26.6. The predicted molar refractivity (Wildman–Crippen MR) is 81.7 cm³/mol. The molecule has 106 valence electrons. The molecule has 1 heterocycles. The van der Waals surface area contributed by atoms with E-state index in [0.29, 0.717) is 22.9 Å². The molecule has 1 aromatic carbocycles. The summed E-state index contributed by atoms with van der Waals surface area (Å²) in [5.74, 6) is 0.265. The van der Waals surface area contributed by atoms with E-state index in [1.807, 2.05) is 6.92 Å². The first-order valence-corrected chi connectivity index (χ1v) is 9.03. The van der Waals surface area contributed by atoms with Crippen molar-refractivity contribution in [2.24, 2.45) is 5.92 Å². The molecule has 2 unspecified atom stereocenters. The first-order valence-electron chi connectivity index (χ1n) is 5.91. The molecule has 2 rings (SSSR count). The molecule has 0 amide bonds. The molecule has 1 saturated heterocycles. The summed E-state index contributed by atoms with van der Waals surface area (Å²) in [6, 6.07) is 4.50. The van der Waals surface area contributed by atoms with Gasteiger partial charge in [0, 0.05) is 22.9 Å². The second kappa shape index (κ2) is 5.90. The van der Waals surface area contributed by atoms with Gasteiger partial charge < -0.3 is 0 Å². The lowest BCUT2D eigenvalue weighted by atomic mass is 10.0. The van der Waals surface area contributed by atoms with E-state index in [1.54, 1.807) is 6.07 Å². The highest BCUT2D eigenvalue weighted by atomic mass is 79.9. The monoisotopic (exact) mass is 385 g/mol. The Bertz CT molecular complexity index is 579. The van der Waals surface area contributed by atoms with Crippen molar-refractivity contribution in [1.82, 2.24) is 4.31 Å². The van der Waals surface area contributed by atoms with Gasteiger partial charge in [-0.15, -0.1) is 0 Å². The summed E-state index contributed by atoms with van der Waals surface area (Å²) in [5, 5.41) is 0.574. The predicted octanol–water partition coefficient (Wildman–Crippen LogP) is 3.79. The van der Waals surface area contributed by atoms with E-state index in [0.717, 1.165) is 6.42 Å². The van der Waals surface area contributed by atoms with Gasteiger partial charge in [-0.25, -0.2) is 8.42 Å². The lowest BCUT2D eigenvalue weighted by molar-refractivity contribution is 0.292. The molecular formula is C12H14BrCl2NO2S. The van der Waals surface area contributed by atoms with Gasteiger partial charge in [0.1, 0.15) is 4.90 Å². The Hall–Kier alpha value is 0.190. The van der Waals surface area contributed by atoms with Crippen LogP contribution in [0.4, 0.5) is 0 Å². The molecule has 0 aromatic heterocycles. The Kier molecular flexibility index (Phi) is 4.83. The van der Waals surface area contributed by atoms with Crippen LogP contribution in [0.1, 0.15) is 13.3 Å². The fourth-order valence-electron chi connectivity index (χ4n) is 2.11. The Morgan fingerprint density at radius 1 is 1.37 bits per heavy atom. The number of halogens is 3. The second-order valence-electron chi connectivity index (χ2n) is 4.72. The number of hydrogen-bond acceptors (Lipinski definition) is 2. The molecule has 0 spiro atoms. The van der Waals surface area contributed by atoms with Crippen LogP contribution < -0.4 is 0 Å². The molecule has 2 atom stereocenters. The summed E-state index contributed by atoms with van der Waals surface area (Å²) in [6.07, 6.45) is 0.790. The van der Waals surface area contributed by atoms with E-state index in [4.69, 9.17) is 23.2 Å². The Labute approximate surface area is 132 Å². The minimum Gasteiger partial charge on any atom is -0.207 e. The molecule has 19 heavy (non-hydrogen) atoms. The SMILES string of the molecule is CC1CN(S(=O)(=O)c2cc(Cl)ccc2Cl)CCC1Br. The lowest BCUT2D eigenvalue weighted by Gasteiger charge is -2.33. The van der Waals surface area contributed by atoms with Crippen molar-refractivity contribution in [3.8, 4) is 0 Å². The number of sulfonamides is 1. The van der Waals surface area contributed by atoms with Gasteiger partial charge >= 0.3 is 0 Å². The van der Waals surface area contributed by atoms with E-state index >= 15 is 0 Å². The van der Waals surface area contributed by atoms with Gasteiger partial charge in [0.25, 0.3) is 0 Å². The molecule has 1 aliphatic rings. The van der Waals surface area contributed by atoms with Crippen LogP contribution in [0.15, 0.2) is 23.1 Å². The number of benzene rings is 1. The second-order valence-corrected chi connectivity index (χ2v) is 8.65.